The average molecular weight is 187 g/mol. The number of carbonyl (C=O) groups is 1. The van der Waals surface area contributed by atoms with E-state index in [1.165, 1.54) is 11.3 Å². The van der Waals surface area contributed by atoms with Gasteiger partial charge in [-0.25, -0.2) is 4.98 Å². The molecule has 0 aliphatic heterocycles. The normalized spacial score (nSPS) is 12.5. The van der Waals surface area contributed by atoms with Gasteiger partial charge in [-0.3, -0.25) is 4.79 Å². The van der Waals surface area contributed by atoms with E-state index in [0.29, 0.717) is 5.13 Å². The molecule has 0 fully saturated rings. The lowest BCUT2D eigenvalue weighted by Gasteiger charge is -2.05. The van der Waals surface area contributed by atoms with Crippen LogP contribution in [0.1, 0.15) is 0 Å². The fourth-order valence-corrected chi connectivity index (χ4v) is 1.10. The Morgan fingerprint density at radius 2 is 2.67 bits per heavy atom. The third-order valence-corrected chi connectivity index (χ3v) is 1.88. The molecule has 66 valence electrons. The van der Waals surface area contributed by atoms with Crippen molar-refractivity contribution in [2.75, 3.05) is 11.9 Å². The van der Waals surface area contributed by atoms with Crippen LogP contribution in [0.15, 0.2) is 11.6 Å². The summed E-state index contributed by atoms with van der Waals surface area (Å²) in [7, 11) is 0. The number of nitrogens with two attached hydrogens (primary N) is 1. The molecule has 1 aromatic heterocycles. The summed E-state index contributed by atoms with van der Waals surface area (Å²) in [5, 5.41) is 13.2. The number of aliphatic hydroxyl groups excluding tert-OH is 1. The van der Waals surface area contributed by atoms with Crippen molar-refractivity contribution in [3.63, 3.8) is 0 Å². The van der Waals surface area contributed by atoms with Crippen LogP contribution in [0.3, 0.4) is 0 Å². The predicted molar refractivity (Wildman–Crippen MR) is 45.8 cm³/mol. The molecule has 1 atom stereocenters. The Balaban J connectivity index is 2.47. The SMILES string of the molecule is NC(CO)C(=O)Nc1nccs1. The second-order valence-corrected chi connectivity index (χ2v) is 3.01. The molecule has 0 saturated carbocycles. The van der Waals surface area contributed by atoms with E-state index in [9.17, 15) is 4.79 Å². The van der Waals surface area contributed by atoms with E-state index < -0.39 is 11.9 Å². The monoisotopic (exact) mass is 187 g/mol. The van der Waals surface area contributed by atoms with Crippen LogP contribution in [0.4, 0.5) is 5.13 Å². The van der Waals surface area contributed by atoms with Crippen molar-refractivity contribution in [2.24, 2.45) is 5.73 Å². The van der Waals surface area contributed by atoms with Gasteiger partial charge in [0.1, 0.15) is 6.04 Å². The van der Waals surface area contributed by atoms with Crippen molar-refractivity contribution in [1.82, 2.24) is 4.98 Å². The van der Waals surface area contributed by atoms with E-state index in [-0.39, 0.29) is 6.61 Å². The summed E-state index contributed by atoms with van der Waals surface area (Å²) in [6.45, 7) is -0.364. The number of nitrogens with zero attached hydrogens (tertiary/aromatic N) is 1. The van der Waals surface area contributed by atoms with E-state index >= 15 is 0 Å². The smallest absolute Gasteiger partial charge is 0.245 e. The first-order chi connectivity index (χ1) is 5.74. The fourth-order valence-electron chi connectivity index (χ4n) is 0.566. The van der Waals surface area contributed by atoms with Gasteiger partial charge in [-0.15, -0.1) is 11.3 Å². The summed E-state index contributed by atoms with van der Waals surface area (Å²) in [6.07, 6.45) is 1.57. The molecule has 4 N–H and O–H groups in total. The van der Waals surface area contributed by atoms with Crippen molar-refractivity contribution in [2.45, 2.75) is 6.04 Å². The molecule has 5 nitrogen and oxygen atoms in total. The van der Waals surface area contributed by atoms with E-state index in [2.05, 4.69) is 10.3 Å². The van der Waals surface area contributed by atoms with Gasteiger partial charge >= 0.3 is 0 Å². The average Bonchev–Trinajstić information content (AvgIpc) is 2.55. The molecule has 6 heteroatoms. The first kappa shape index (κ1) is 9.11. The molecule has 0 bridgehead atoms. The maximum atomic E-state index is 11.0. The van der Waals surface area contributed by atoms with Gasteiger partial charge in [-0.05, 0) is 0 Å². The number of amides is 1. The van der Waals surface area contributed by atoms with E-state index in [4.69, 9.17) is 10.8 Å². The zero-order chi connectivity index (χ0) is 8.97. The third-order valence-electron chi connectivity index (χ3n) is 1.20. The van der Waals surface area contributed by atoms with Crippen molar-refractivity contribution in [3.05, 3.63) is 11.6 Å². The summed E-state index contributed by atoms with van der Waals surface area (Å²) in [5.74, 6) is -0.424. The highest BCUT2D eigenvalue weighted by atomic mass is 32.1. The Hall–Kier alpha value is -0.980. The number of aliphatic hydroxyl groups is 1. The lowest BCUT2D eigenvalue weighted by molar-refractivity contribution is -0.118. The van der Waals surface area contributed by atoms with Gasteiger partial charge in [0.05, 0.1) is 6.61 Å². The van der Waals surface area contributed by atoms with Crippen molar-refractivity contribution in [1.29, 1.82) is 0 Å². The van der Waals surface area contributed by atoms with Gasteiger partial charge in [-0.2, -0.15) is 0 Å². The molecule has 1 aromatic rings. The number of anilines is 1. The highest BCUT2D eigenvalue weighted by Crippen LogP contribution is 2.09. The minimum atomic E-state index is -0.881. The van der Waals surface area contributed by atoms with Crippen LogP contribution in [0, 0.1) is 0 Å². The first-order valence-corrected chi connectivity index (χ1v) is 4.19. The lowest BCUT2D eigenvalue weighted by Crippen LogP contribution is -2.38. The van der Waals surface area contributed by atoms with Gasteiger partial charge in [0.25, 0.3) is 0 Å². The summed E-state index contributed by atoms with van der Waals surface area (Å²) in [5.41, 5.74) is 5.25. The summed E-state index contributed by atoms with van der Waals surface area (Å²) < 4.78 is 0. The van der Waals surface area contributed by atoms with Crippen LogP contribution >= 0.6 is 11.3 Å². The van der Waals surface area contributed by atoms with E-state index in [0.717, 1.165) is 0 Å². The topological polar surface area (TPSA) is 88.2 Å². The van der Waals surface area contributed by atoms with Crippen LogP contribution in [0.25, 0.3) is 0 Å². The molecule has 0 saturated heterocycles. The standard InChI is InChI=1S/C6H9N3O2S/c7-4(3-10)5(11)9-6-8-1-2-12-6/h1-2,4,10H,3,7H2,(H,8,9,11). The predicted octanol–water partition coefficient (Wildman–Crippen LogP) is -0.599. The van der Waals surface area contributed by atoms with Crippen LogP contribution in [0.2, 0.25) is 0 Å². The van der Waals surface area contributed by atoms with Crippen LogP contribution in [-0.2, 0) is 4.79 Å². The minimum Gasteiger partial charge on any atom is -0.394 e. The van der Waals surface area contributed by atoms with Crippen LogP contribution in [0.5, 0.6) is 0 Å². The second-order valence-electron chi connectivity index (χ2n) is 2.12. The molecule has 0 spiro atoms. The van der Waals surface area contributed by atoms with Crippen molar-refractivity contribution in [3.8, 4) is 0 Å². The molecule has 1 rings (SSSR count). The van der Waals surface area contributed by atoms with Gasteiger partial charge in [0, 0.05) is 11.6 Å². The maximum Gasteiger partial charge on any atom is 0.245 e. The van der Waals surface area contributed by atoms with E-state index in [1.807, 2.05) is 0 Å². The number of thiazole rings is 1. The molecule has 1 heterocycles. The van der Waals surface area contributed by atoms with Crippen LogP contribution < -0.4 is 11.1 Å². The summed E-state index contributed by atoms with van der Waals surface area (Å²) in [4.78, 5) is 14.8. The van der Waals surface area contributed by atoms with Crippen molar-refractivity contribution >= 4 is 22.4 Å². The lowest BCUT2D eigenvalue weighted by atomic mass is 10.3. The quantitative estimate of drug-likeness (QED) is 0.589. The van der Waals surface area contributed by atoms with E-state index in [1.54, 1.807) is 11.6 Å². The Morgan fingerprint density at radius 3 is 3.17 bits per heavy atom. The molecule has 0 aliphatic carbocycles. The Morgan fingerprint density at radius 1 is 1.92 bits per heavy atom. The fraction of sp³-hybridized carbons (Fsp3) is 0.333. The highest BCUT2D eigenvalue weighted by molar-refractivity contribution is 7.13. The molecular formula is C6H9N3O2S. The second kappa shape index (κ2) is 4.15. The molecular weight excluding hydrogens is 178 g/mol. The Labute approximate surface area is 73.2 Å². The van der Waals surface area contributed by atoms with Gasteiger partial charge in [0.15, 0.2) is 5.13 Å². The third kappa shape index (κ3) is 2.26. The number of hydrogen-bond donors (Lipinski definition) is 3. The van der Waals surface area contributed by atoms with Crippen LogP contribution in [-0.4, -0.2) is 28.6 Å². The number of carbonyl (C=O) groups excluding carboxylic acids is 1. The maximum absolute atomic E-state index is 11.0. The van der Waals surface area contributed by atoms with Crippen molar-refractivity contribution < 1.29 is 9.90 Å². The van der Waals surface area contributed by atoms with Gasteiger partial charge in [0.2, 0.25) is 5.91 Å². The largest absolute Gasteiger partial charge is 0.394 e. The number of rotatable bonds is 3. The summed E-state index contributed by atoms with van der Waals surface area (Å²) >= 11 is 1.30. The number of aromatic nitrogens is 1. The Bertz CT molecular complexity index is 249. The van der Waals surface area contributed by atoms with Gasteiger partial charge in [-0.1, -0.05) is 0 Å². The minimum absolute atomic E-state index is 0.364. The van der Waals surface area contributed by atoms with Gasteiger partial charge < -0.3 is 16.2 Å². The molecule has 1 amide bonds. The molecule has 0 aromatic carbocycles. The zero-order valence-electron chi connectivity index (χ0n) is 6.23. The molecule has 1 unspecified atom stereocenters. The Kier molecular flexibility index (Phi) is 3.15. The molecule has 12 heavy (non-hydrogen) atoms. The number of nitrogens with one attached hydrogen (secondary N) is 1. The zero-order valence-corrected chi connectivity index (χ0v) is 7.04. The number of hydrogen-bond acceptors (Lipinski definition) is 5. The molecule has 0 radical (unpaired) electrons. The summed E-state index contributed by atoms with van der Waals surface area (Å²) in [6, 6.07) is -0.881. The molecule has 0 aliphatic rings. The highest BCUT2D eigenvalue weighted by Gasteiger charge is 2.12. The first-order valence-electron chi connectivity index (χ1n) is 3.31.